The molecule has 3 rings (SSSR count). The lowest BCUT2D eigenvalue weighted by molar-refractivity contribution is 0.132. The van der Waals surface area contributed by atoms with Crippen LogP contribution in [0.15, 0.2) is 28.9 Å². The van der Waals surface area contributed by atoms with Crippen LogP contribution < -0.4 is 0 Å². The Balaban J connectivity index is 2.10. The highest BCUT2D eigenvalue weighted by atomic mass is 79.9. The van der Waals surface area contributed by atoms with Crippen LogP contribution in [0.4, 0.5) is 4.39 Å². The predicted molar refractivity (Wildman–Crippen MR) is 69.6 cm³/mol. The second-order valence-electron chi connectivity index (χ2n) is 4.48. The van der Waals surface area contributed by atoms with Crippen LogP contribution in [0.1, 0.15) is 12.1 Å². The predicted octanol–water partition coefficient (Wildman–Crippen LogP) is 2.76. The summed E-state index contributed by atoms with van der Waals surface area (Å²) in [6, 6.07) is 6.25. The Kier molecular flexibility index (Phi) is 2.95. The maximum atomic E-state index is 12.9. The fourth-order valence-electron chi connectivity index (χ4n) is 2.32. The smallest absolute Gasteiger partial charge is 0.141 e. The van der Waals surface area contributed by atoms with Crippen molar-refractivity contribution in [3.05, 3.63) is 40.4 Å². The number of hydrogen-bond acceptors (Lipinski definition) is 2. The molecule has 18 heavy (non-hydrogen) atoms. The first-order valence-corrected chi connectivity index (χ1v) is 6.63. The lowest BCUT2D eigenvalue weighted by Gasteiger charge is -2.21. The number of benzene rings is 1. The fourth-order valence-corrected chi connectivity index (χ4v) is 2.90. The summed E-state index contributed by atoms with van der Waals surface area (Å²) in [6.07, 6.45) is 1.22. The SMILES string of the molecule is OC1CCc2c(Br)nc(-c3ccc(F)cc3)n2C1. The van der Waals surface area contributed by atoms with Crippen molar-refractivity contribution in [2.24, 2.45) is 0 Å². The lowest BCUT2D eigenvalue weighted by atomic mass is 10.1. The molecule has 1 unspecified atom stereocenters. The third kappa shape index (κ3) is 1.97. The molecule has 0 saturated heterocycles. The molecule has 0 spiro atoms. The number of imidazole rings is 1. The molecule has 0 saturated carbocycles. The minimum absolute atomic E-state index is 0.261. The van der Waals surface area contributed by atoms with Crippen molar-refractivity contribution >= 4 is 15.9 Å². The zero-order valence-corrected chi connectivity index (χ0v) is 11.2. The van der Waals surface area contributed by atoms with Gasteiger partial charge in [-0.2, -0.15) is 0 Å². The fraction of sp³-hybridized carbons (Fsp3) is 0.308. The molecule has 1 aliphatic heterocycles. The molecular formula is C13H12BrFN2O. The highest BCUT2D eigenvalue weighted by molar-refractivity contribution is 9.10. The first-order valence-electron chi connectivity index (χ1n) is 5.84. The molecule has 94 valence electrons. The van der Waals surface area contributed by atoms with E-state index >= 15 is 0 Å². The van der Waals surface area contributed by atoms with Crippen molar-refractivity contribution in [1.82, 2.24) is 9.55 Å². The minimum atomic E-state index is -0.335. The van der Waals surface area contributed by atoms with Gasteiger partial charge in [0.2, 0.25) is 0 Å². The number of rotatable bonds is 1. The van der Waals surface area contributed by atoms with Crippen LogP contribution in [0, 0.1) is 5.82 Å². The largest absolute Gasteiger partial charge is 0.391 e. The topological polar surface area (TPSA) is 38.1 Å². The zero-order valence-electron chi connectivity index (χ0n) is 9.61. The number of hydrogen-bond donors (Lipinski definition) is 1. The average Bonchev–Trinajstić information content (AvgIpc) is 2.67. The second kappa shape index (κ2) is 4.48. The molecule has 0 fully saturated rings. The molecule has 2 aromatic rings. The van der Waals surface area contributed by atoms with E-state index in [0.717, 1.165) is 34.5 Å². The molecular weight excluding hydrogens is 299 g/mol. The van der Waals surface area contributed by atoms with E-state index in [1.807, 2.05) is 4.57 Å². The number of aliphatic hydroxyl groups excluding tert-OH is 1. The first-order chi connectivity index (χ1) is 8.65. The van der Waals surface area contributed by atoms with Gasteiger partial charge in [0.25, 0.3) is 0 Å². The normalized spacial score (nSPS) is 18.7. The standard InChI is InChI=1S/C13H12BrFN2O/c14-12-11-6-5-10(18)7-17(11)13(16-12)8-1-3-9(15)4-2-8/h1-4,10,18H,5-7H2. The Bertz CT molecular complexity index is 579. The van der Waals surface area contributed by atoms with Gasteiger partial charge in [0.05, 0.1) is 18.3 Å². The van der Waals surface area contributed by atoms with Crippen LogP contribution >= 0.6 is 15.9 Å². The molecule has 0 amide bonds. The Morgan fingerprint density at radius 1 is 1.33 bits per heavy atom. The minimum Gasteiger partial charge on any atom is -0.391 e. The van der Waals surface area contributed by atoms with Gasteiger partial charge in [0, 0.05) is 5.56 Å². The van der Waals surface area contributed by atoms with Crippen LogP contribution in [0.2, 0.25) is 0 Å². The highest BCUT2D eigenvalue weighted by Gasteiger charge is 2.23. The van der Waals surface area contributed by atoms with Gasteiger partial charge >= 0.3 is 0 Å². The third-order valence-corrected chi connectivity index (χ3v) is 3.87. The van der Waals surface area contributed by atoms with Crippen molar-refractivity contribution in [2.75, 3.05) is 0 Å². The van der Waals surface area contributed by atoms with Crippen molar-refractivity contribution in [3.8, 4) is 11.4 Å². The van der Waals surface area contributed by atoms with E-state index in [0.29, 0.717) is 6.54 Å². The number of nitrogens with zero attached hydrogens (tertiary/aromatic N) is 2. The van der Waals surface area contributed by atoms with E-state index in [-0.39, 0.29) is 11.9 Å². The summed E-state index contributed by atoms with van der Waals surface area (Å²) in [5, 5.41) is 9.76. The van der Waals surface area contributed by atoms with E-state index < -0.39 is 0 Å². The maximum Gasteiger partial charge on any atom is 0.141 e. The van der Waals surface area contributed by atoms with Crippen LogP contribution in [0.25, 0.3) is 11.4 Å². The molecule has 2 heterocycles. The molecule has 1 N–H and O–H groups in total. The molecule has 0 bridgehead atoms. The third-order valence-electron chi connectivity index (χ3n) is 3.23. The Morgan fingerprint density at radius 3 is 2.78 bits per heavy atom. The van der Waals surface area contributed by atoms with E-state index in [1.165, 1.54) is 12.1 Å². The molecule has 0 radical (unpaired) electrons. The van der Waals surface area contributed by atoms with Gasteiger partial charge in [-0.05, 0) is 53.0 Å². The van der Waals surface area contributed by atoms with Gasteiger partial charge in [-0.3, -0.25) is 0 Å². The van der Waals surface area contributed by atoms with E-state index in [4.69, 9.17) is 0 Å². The summed E-state index contributed by atoms with van der Waals surface area (Å²) in [5.74, 6) is 0.513. The maximum absolute atomic E-state index is 12.9. The van der Waals surface area contributed by atoms with Gasteiger partial charge in [-0.1, -0.05) is 0 Å². The van der Waals surface area contributed by atoms with Crippen molar-refractivity contribution in [1.29, 1.82) is 0 Å². The molecule has 3 nitrogen and oxygen atoms in total. The van der Waals surface area contributed by atoms with Crippen LogP contribution in [-0.4, -0.2) is 20.8 Å². The van der Waals surface area contributed by atoms with Crippen LogP contribution in [0.5, 0.6) is 0 Å². The quantitative estimate of drug-likeness (QED) is 0.879. The van der Waals surface area contributed by atoms with E-state index in [2.05, 4.69) is 20.9 Å². The van der Waals surface area contributed by atoms with Gasteiger partial charge in [-0.15, -0.1) is 0 Å². The lowest BCUT2D eigenvalue weighted by Crippen LogP contribution is -2.24. The molecule has 1 aromatic carbocycles. The number of aliphatic hydroxyl groups is 1. The average molecular weight is 311 g/mol. The van der Waals surface area contributed by atoms with Crippen molar-refractivity contribution in [2.45, 2.75) is 25.5 Å². The summed E-state index contributed by atoms with van der Waals surface area (Å²) in [6.45, 7) is 0.542. The second-order valence-corrected chi connectivity index (χ2v) is 5.23. The number of aromatic nitrogens is 2. The monoisotopic (exact) mass is 310 g/mol. The summed E-state index contributed by atoms with van der Waals surface area (Å²) < 4.78 is 15.8. The van der Waals surface area contributed by atoms with Gasteiger partial charge < -0.3 is 9.67 Å². The van der Waals surface area contributed by atoms with E-state index in [9.17, 15) is 9.50 Å². The summed E-state index contributed by atoms with van der Waals surface area (Å²) >= 11 is 3.45. The Labute approximate surface area is 112 Å². The van der Waals surface area contributed by atoms with Crippen LogP contribution in [0.3, 0.4) is 0 Å². The van der Waals surface area contributed by atoms with Crippen molar-refractivity contribution < 1.29 is 9.50 Å². The highest BCUT2D eigenvalue weighted by Crippen LogP contribution is 2.30. The molecule has 1 atom stereocenters. The Morgan fingerprint density at radius 2 is 2.06 bits per heavy atom. The first kappa shape index (κ1) is 11.9. The zero-order chi connectivity index (χ0) is 12.7. The number of halogens is 2. The molecule has 1 aliphatic rings. The summed E-state index contributed by atoms with van der Waals surface area (Å²) in [4.78, 5) is 4.47. The van der Waals surface area contributed by atoms with Crippen LogP contribution in [-0.2, 0) is 13.0 Å². The summed E-state index contributed by atoms with van der Waals surface area (Å²) in [5.41, 5.74) is 1.96. The Hall–Kier alpha value is -1.20. The molecule has 5 heteroatoms. The van der Waals surface area contributed by atoms with Gasteiger partial charge in [-0.25, -0.2) is 9.37 Å². The van der Waals surface area contributed by atoms with Gasteiger partial charge in [0.15, 0.2) is 0 Å². The van der Waals surface area contributed by atoms with E-state index in [1.54, 1.807) is 12.1 Å². The number of fused-ring (bicyclic) bond motifs is 1. The van der Waals surface area contributed by atoms with Gasteiger partial charge in [0.1, 0.15) is 16.2 Å². The summed E-state index contributed by atoms with van der Waals surface area (Å²) in [7, 11) is 0. The van der Waals surface area contributed by atoms with Crippen molar-refractivity contribution in [3.63, 3.8) is 0 Å². The molecule has 1 aromatic heterocycles. The molecule has 0 aliphatic carbocycles.